The zero-order valence-electron chi connectivity index (χ0n) is 13.5. The standard InChI is InChI=1S/C13H20N4O9/c14-5(1-2-8(15)18)11(23)16-6(3-9(19)20)12(24)17-7(13(25)26)4-10(21)22/h5-7H,1-4,14H2,(H2,15,18)(H,16,23)(H,17,24)(H,19,20)(H,21,22)(H,25,26)/t5-,6-,7-/m0/s1. The second kappa shape index (κ2) is 10.6. The number of nitrogens with one attached hydrogen (secondary N) is 2. The van der Waals surface area contributed by atoms with Gasteiger partial charge in [0, 0.05) is 6.42 Å². The van der Waals surface area contributed by atoms with Gasteiger partial charge in [-0.15, -0.1) is 0 Å². The van der Waals surface area contributed by atoms with Crippen LogP contribution in [0.4, 0.5) is 0 Å². The molecule has 0 rings (SSSR count). The molecule has 0 radical (unpaired) electrons. The van der Waals surface area contributed by atoms with Crippen molar-refractivity contribution >= 4 is 35.6 Å². The van der Waals surface area contributed by atoms with Crippen molar-refractivity contribution in [1.82, 2.24) is 10.6 Å². The smallest absolute Gasteiger partial charge is 0.326 e. The summed E-state index contributed by atoms with van der Waals surface area (Å²) in [5, 5.41) is 30.2. The highest BCUT2D eigenvalue weighted by atomic mass is 16.4. The molecule has 0 aliphatic heterocycles. The van der Waals surface area contributed by atoms with E-state index in [0.717, 1.165) is 0 Å². The molecule has 0 bridgehead atoms. The van der Waals surface area contributed by atoms with Crippen molar-refractivity contribution in [2.24, 2.45) is 11.5 Å². The molecule has 146 valence electrons. The van der Waals surface area contributed by atoms with E-state index in [4.69, 9.17) is 26.8 Å². The minimum Gasteiger partial charge on any atom is -0.481 e. The number of carboxylic acid groups (broad SMARTS) is 3. The molecule has 13 nitrogen and oxygen atoms in total. The van der Waals surface area contributed by atoms with Crippen LogP contribution in [0.2, 0.25) is 0 Å². The lowest BCUT2D eigenvalue weighted by atomic mass is 10.1. The molecule has 0 aromatic rings. The van der Waals surface area contributed by atoms with E-state index in [2.05, 4.69) is 0 Å². The van der Waals surface area contributed by atoms with Crippen LogP contribution in [0.5, 0.6) is 0 Å². The maximum Gasteiger partial charge on any atom is 0.326 e. The number of hydrogen-bond donors (Lipinski definition) is 7. The number of aliphatic carboxylic acids is 3. The Morgan fingerprint density at radius 3 is 1.69 bits per heavy atom. The monoisotopic (exact) mass is 376 g/mol. The highest BCUT2D eigenvalue weighted by Gasteiger charge is 2.30. The Bertz CT molecular complexity index is 592. The average molecular weight is 376 g/mol. The molecule has 0 heterocycles. The van der Waals surface area contributed by atoms with Crippen molar-refractivity contribution in [1.29, 1.82) is 0 Å². The third-order valence-corrected chi connectivity index (χ3v) is 3.04. The molecule has 13 heteroatoms. The Morgan fingerprint density at radius 1 is 0.808 bits per heavy atom. The van der Waals surface area contributed by atoms with Crippen LogP contribution in [-0.2, 0) is 28.8 Å². The van der Waals surface area contributed by atoms with Crippen LogP contribution in [-0.4, -0.2) is 69.1 Å². The topological polar surface area (TPSA) is 239 Å². The lowest BCUT2D eigenvalue weighted by molar-refractivity contribution is -0.148. The van der Waals surface area contributed by atoms with Gasteiger partial charge in [-0.3, -0.25) is 24.0 Å². The summed E-state index contributed by atoms with van der Waals surface area (Å²) in [6.07, 6.45) is -2.23. The Balaban J connectivity index is 5.05. The third kappa shape index (κ3) is 9.17. The minimum absolute atomic E-state index is 0.153. The fourth-order valence-electron chi connectivity index (χ4n) is 1.74. The van der Waals surface area contributed by atoms with Gasteiger partial charge in [-0.1, -0.05) is 0 Å². The molecule has 0 aliphatic carbocycles. The first-order valence-electron chi connectivity index (χ1n) is 7.25. The van der Waals surface area contributed by atoms with Crippen molar-refractivity contribution in [3.63, 3.8) is 0 Å². The number of primary amides is 1. The lowest BCUT2D eigenvalue weighted by Crippen LogP contribution is -2.55. The van der Waals surface area contributed by atoms with Crippen molar-refractivity contribution < 1.29 is 44.1 Å². The van der Waals surface area contributed by atoms with Crippen molar-refractivity contribution in [3.05, 3.63) is 0 Å². The van der Waals surface area contributed by atoms with Crippen LogP contribution < -0.4 is 22.1 Å². The molecular weight excluding hydrogens is 356 g/mol. The van der Waals surface area contributed by atoms with Gasteiger partial charge < -0.3 is 37.4 Å². The first kappa shape index (κ1) is 22.8. The van der Waals surface area contributed by atoms with Crippen LogP contribution in [0.3, 0.4) is 0 Å². The van der Waals surface area contributed by atoms with Crippen LogP contribution in [0.1, 0.15) is 25.7 Å². The minimum atomic E-state index is -1.82. The quantitative estimate of drug-likeness (QED) is 0.178. The fraction of sp³-hybridized carbons (Fsp3) is 0.538. The molecule has 0 aromatic heterocycles. The van der Waals surface area contributed by atoms with Gasteiger partial charge in [0.25, 0.3) is 0 Å². The summed E-state index contributed by atoms with van der Waals surface area (Å²) >= 11 is 0. The van der Waals surface area contributed by atoms with Crippen LogP contribution in [0.15, 0.2) is 0 Å². The van der Waals surface area contributed by atoms with E-state index in [1.165, 1.54) is 0 Å². The highest BCUT2D eigenvalue weighted by Crippen LogP contribution is 2.01. The third-order valence-electron chi connectivity index (χ3n) is 3.04. The van der Waals surface area contributed by atoms with E-state index in [9.17, 15) is 28.8 Å². The van der Waals surface area contributed by atoms with Gasteiger partial charge in [-0.05, 0) is 6.42 Å². The number of rotatable bonds is 12. The SMILES string of the molecule is NC(=O)CC[C@H](N)C(=O)N[C@@H](CC(=O)O)C(=O)N[C@@H](CC(=O)O)C(=O)O. The van der Waals surface area contributed by atoms with E-state index in [-0.39, 0.29) is 12.8 Å². The Labute approximate surface area is 146 Å². The molecule has 0 spiro atoms. The number of carboxylic acids is 3. The number of hydrogen-bond acceptors (Lipinski definition) is 7. The molecule has 3 amide bonds. The van der Waals surface area contributed by atoms with E-state index in [1.807, 2.05) is 10.6 Å². The van der Waals surface area contributed by atoms with E-state index < -0.39 is 66.6 Å². The van der Waals surface area contributed by atoms with Gasteiger partial charge in [0.15, 0.2) is 0 Å². The first-order valence-corrected chi connectivity index (χ1v) is 7.25. The zero-order valence-corrected chi connectivity index (χ0v) is 13.5. The molecule has 0 saturated carbocycles. The van der Waals surface area contributed by atoms with E-state index in [1.54, 1.807) is 0 Å². The van der Waals surface area contributed by atoms with Gasteiger partial charge in [0.1, 0.15) is 12.1 Å². The van der Waals surface area contributed by atoms with Gasteiger partial charge in [-0.2, -0.15) is 0 Å². The normalized spacial score (nSPS) is 13.7. The molecule has 0 aromatic carbocycles. The fourth-order valence-corrected chi connectivity index (χ4v) is 1.74. The molecule has 0 fully saturated rings. The van der Waals surface area contributed by atoms with E-state index in [0.29, 0.717) is 0 Å². The Kier molecular flexibility index (Phi) is 9.29. The zero-order chi connectivity index (χ0) is 20.4. The van der Waals surface area contributed by atoms with Gasteiger partial charge in [-0.25, -0.2) is 4.79 Å². The second-order valence-electron chi connectivity index (χ2n) is 5.27. The molecule has 0 aliphatic rings. The average Bonchev–Trinajstić information content (AvgIpc) is 2.49. The van der Waals surface area contributed by atoms with Crippen molar-refractivity contribution in [2.75, 3.05) is 0 Å². The first-order chi connectivity index (χ1) is 11.9. The maximum atomic E-state index is 12.0. The van der Waals surface area contributed by atoms with E-state index >= 15 is 0 Å². The molecule has 3 atom stereocenters. The second-order valence-corrected chi connectivity index (χ2v) is 5.27. The molecule has 0 unspecified atom stereocenters. The van der Waals surface area contributed by atoms with Crippen LogP contribution in [0, 0.1) is 0 Å². The van der Waals surface area contributed by atoms with Crippen molar-refractivity contribution in [3.8, 4) is 0 Å². The predicted octanol–water partition coefficient (Wildman–Crippen LogP) is -3.42. The Morgan fingerprint density at radius 2 is 1.27 bits per heavy atom. The Hall–Kier alpha value is -3.22. The van der Waals surface area contributed by atoms with Crippen LogP contribution >= 0.6 is 0 Å². The van der Waals surface area contributed by atoms with Gasteiger partial charge >= 0.3 is 17.9 Å². The largest absolute Gasteiger partial charge is 0.481 e. The highest BCUT2D eigenvalue weighted by molar-refractivity contribution is 5.94. The van der Waals surface area contributed by atoms with Crippen molar-refractivity contribution in [2.45, 2.75) is 43.8 Å². The summed E-state index contributed by atoms with van der Waals surface area (Å²) in [5.74, 6) is -7.54. The number of carbonyl (C=O) groups excluding carboxylic acids is 3. The summed E-state index contributed by atoms with van der Waals surface area (Å²) in [6.45, 7) is 0. The summed E-state index contributed by atoms with van der Waals surface area (Å²) in [5.41, 5.74) is 10.4. The van der Waals surface area contributed by atoms with Gasteiger partial charge in [0.05, 0.1) is 18.9 Å². The number of nitrogens with two attached hydrogens (primary N) is 2. The molecule has 26 heavy (non-hydrogen) atoms. The van der Waals surface area contributed by atoms with Crippen LogP contribution in [0.25, 0.3) is 0 Å². The number of amides is 3. The summed E-state index contributed by atoms with van der Waals surface area (Å²) in [6, 6.07) is -4.78. The lowest BCUT2D eigenvalue weighted by Gasteiger charge is -2.21. The predicted molar refractivity (Wildman–Crippen MR) is 82.4 cm³/mol. The van der Waals surface area contributed by atoms with Gasteiger partial charge in [0.2, 0.25) is 17.7 Å². The molecular formula is C13H20N4O9. The summed E-state index contributed by atoms with van der Waals surface area (Å²) < 4.78 is 0. The maximum absolute atomic E-state index is 12.0. The summed E-state index contributed by atoms with van der Waals surface area (Å²) in [7, 11) is 0. The molecule has 0 saturated heterocycles. The summed E-state index contributed by atoms with van der Waals surface area (Å²) in [4.78, 5) is 67.0. The number of carbonyl (C=O) groups is 6. The molecule has 9 N–H and O–H groups in total.